The summed E-state index contributed by atoms with van der Waals surface area (Å²) in [5.74, 6) is 1.09. The van der Waals surface area contributed by atoms with Crippen molar-refractivity contribution in [2.75, 3.05) is 14.1 Å². The Labute approximate surface area is 182 Å². The van der Waals surface area contributed by atoms with Crippen LogP contribution in [-0.4, -0.2) is 49.2 Å². The van der Waals surface area contributed by atoms with E-state index < -0.39 is 0 Å². The van der Waals surface area contributed by atoms with Crippen LogP contribution in [0.15, 0.2) is 48.9 Å². The number of benzene rings is 1. The molecular formula is C24H28N6O. The van der Waals surface area contributed by atoms with E-state index in [0.717, 1.165) is 27.9 Å². The summed E-state index contributed by atoms with van der Waals surface area (Å²) in [5.41, 5.74) is 5.17. The highest BCUT2D eigenvalue weighted by Crippen LogP contribution is 2.31. The van der Waals surface area contributed by atoms with Gasteiger partial charge in [0, 0.05) is 42.5 Å². The number of rotatable bonds is 6. The van der Waals surface area contributed by atoms with E-state index in [2.05, 4.69) is 47.2 Å². The number of pyridine rings is 1. The lowest BCUT2D eigenvalue weighted by atomic mass is 10.0. The zero-order valence-electron chi connectivity index (χ0n) is 18.7. The number of hydrogen-bond acceptors (Lipinski definition) is 4. The van der Waals surface area contributed by atoms with Crippen LogP contribution in [0.5, 0.6) is 0 Å². The summed E-state index contributed by atoms with van der Waals surface area (Å²) in [4.78, 5) is 23.0. The Bertz CT molecular complexity index is 1230. The number of aromatic nitrogens is 5. The van der Waals surface area contributed by atoms with Crippen LogP contribution in [0.3, 0.4) is 0 Å². The second-order valence-electron chi connectivity index (χ2n) is 8.42. The molecule has 0 fully saturated rings. The lowest BCUT2D eigenvalue weighted by Crippen LogP contribution is -2.25. The average molecular weight is 417 g/mol. The van der Waals surface area contributed by atoms with Crippen LogP contribution in [-0.2, 0) is 17.9 Å². The molecule has 31 heavy (non-hydrogen) atoms. The third-order valence-electron chi connectivity index (χ3n) is 5.40. The van der Waals surface area contributed by atoms with E-state index >= 15 is 0 Å². The van der Waals surface area contributed by atoms with Crippen LogP contribution in [0.4, 0.5) is 0 Å². The first-order chi connectivity index (χ1) is 14.8. The van der Waals surface area contributed by atoms with E-state index in [-0.39, 0.29) is 5.91 Å². The molecule has 0 aliphatic heterocycles. The van der Waals surface area contributed by atoms with Gasteiger partial charge in [-0.2, -0.15) is 5.10 Å². The number of hydrogen-bond donors (Lipinski definition) is 0. The number of likely N-dealkylation sites (N-methyl/N-ethyl adjacent to an activating group) is 1. The highest BCUT2D eigenvalue weighted by molar-refractivity contribution is 5.89. The topological polar surface area (TPSA) is 68.8 Å². The summed E-state index contributed by atoms with van der Waals surface area (Å²) < 4.78 is 3.85. The lowest BCUT2D eigenvalue weighted by Gasteiger charge is -2.11. The molecule has 0 atom stereocenters. The quantitative estimate of drug-likeness (QED) is 0.479. The van der Waals surface area contributed by atoms with Crippen LogP contribution in [0.1, 0.15) is 36.7 Å². The molecule has 0 aliphatic rings. The monoisotopic (exact) mass is 416 g/mol. The van der Waals surface area contributed by atoms with Crippen molar-refractivity contribution < 1.29 is 4.79 Å². The molecule has 0 aliphatic carbocycles. The van der Waals surface area contributed by atoms with Gasteiger partial charge in [-0.25, -0.2) is 9.67 Å². The third-order valence-corrected chi connectivity index (χ3v) is 5.40. The fourth-order valence-corrected chi connectivity index (χ4v) is 3.70. The van der Waals surface area contributed by atoms with E-state index in [1.807, 2.05) is 40.4 Å². The maximum atomic E-state index is 12.3. The summed E-state index contributed by atoms with van der Waals surface area (Å²) >= 11 is 0. The van der Waals surface area contributed by atoms with Crippen molar-refractivity contribution in [3.63, 3.8) is 0 Å². The number of nitrogens with zero attached hydrogens (tertiary/aromatic N) is 6. The van der Waals surface area contributed by atoms with Crippen LogP contribution in [0, 0.1) is 6.92 Å². The molecule has 1 amide bonds. The number of carbonyl (C=O) groups excluding carboxylic acids is 1. The lowest BCUT2D eigenvalue weighted by molar-refractivity contribution is -0.129. The molecule has 4 rings (SSSR count). The molecule has 3 heterocycles. The first-order valence-electron chi connectivity index (χ1n) is 10.5. The minimum Gasteiger partial charge on any atom is -0.347 e. The maximum absolute atomic E-state index is 12.3. The minimum atomic E-state index is 0.0708. The summed E-state index contributed by atoms with van der Waals surface area (Å²) in [6, 6.07) is 12.2. The Morgan fingerprint density at radius 1 is 1.16 bits per heavy atom. The molecule has 0 saturated carbocycles. The predicted molar refractivity (Wildman–Crippen MR) is 122 cm³/mol. The molecule has 160 valence electrons. The normalized spacial score (nSPS) is 11.4. The first kappa shape index (κ1) is 20.8. The van der Waals surface area contributed by atoms with Crippen molar-refractivity contribution in [1.82, 2.24) is 29.2 Å². The van der Waals surface area contributed by atoms with Crippen LogP contribution >= 0.6 is 0 Å². The summed E-state index contributed by atoms with van der Waals surface area (Å²) in [5, 5.41) is 5.80. The van der Waals surface area contributed by atoms with E-state index in [0.29, 0.717) is 24.8 Å². The van der Waals surface area contributed by atoms with Crippen molar-refractivity contribution in [1.29, 1.82) is 0 Å². The number of amides is 1. The van der Waals surface area contributed by atoms with Crippen molar-refractivity contribution in [3.05, 3.63) is 65.9 Å². The zero-order valence-corrected chi connectivity index (χ0v) is 18.7. The summed E-state index contributed by atoms with van der Waals surface area (Å²) in [7, 11) is 3.56. The van der Waals surface area contributed by atoms with Crippen LogP contribution < -0.4 is 0 Å². The molecule has 7 nitrogen and oxygen atoms in total. The third kappa shape index (κ3) is 4.35. The number of carbonyl (C=O) groups is 1. The summed E-state index contributed by atoms with van der Waals surface area (Å²) in [6.07, 6.45) is 3.84. The molecule has 0 spiro atoms. The fraction of sp³-hybridized carbons (Fsp3) is 0.333. The van der Waals surface area contributed by atoms with Crippen LogP contribution in [0.2, 0.25) is 0 Å². The Hall–Kier alpha value is -3.48. The van der Waals surface area contributed by atoms with Crippen molar-refractivity contribution in [2.45, 2.75) is 39.8 Å². The Balaban J connectivity index is 1.67. The molecule has 0 bridgehead atoms. The highest BCUT2D eigenvalue weighted by Gasteiger charge is 2.16. The Morgan fingerprint density at radius 3 is 2.68 bits per heavy atom. The molecule has 3 aromatic heterocycles. The van der Waals surface area contributed by atoms with Gasteiger partial charge in [0.1, 0.15) is 12.9 Å². The van der Waals surface area contributed by atoms with E-state index in [1.54, 1.807) is 25.3 Å². The SMILES string of the molecule is Cc1cccc(Cn2cnc(-c3ccc4c(c3)c(C(C)C)cn4CC(=O)N(C)C)n2)n1. The largest absolute Gasteiger partial charge is 0.347 e. The van der Waals surface area contributed by atoms with Gasteiger partial charge in [0.25, 0.3) is 0 Å². The maximum Gasteiger partial charge on any atom is 0.241 e. The van der Waals surface area contributed by atoms with Crippen molar-refractivity contribution in [2.24, 2.45) is 0 Å². The standard InChI is InChI=1S/C24H28N6O/c1-16(2)21-13-29(14-23(31)28(4)5)22-10-9-18(11-20(21)22)24-25-15-30(27-24)12-19-8-6-7-17(3)26-19/h6-11,13,15-16H,12,14H2,1-5H3. The Kier molecular flexibility index (Phi) is 5.59. The second-order valence-corrected chi connectivity index (χ2v) is 8.42. The molecule has 0 N–H and O–H groups in total. The van der Waals surface area contributed by atoms with Gasteiger partial charge in [0.15, 0.2) is 5.82 Å². The van der Waals surface area contributed by atoms with E-state index in [4.69, 9.17) is 0 Å². The molecule has 0 saturated heterocycles. The van der Waals surface area contributed by atoms with Gasteiger partial charge < -0.3 is 9.47 Å². The fourth-order valence-electron chi connectivity index (χ4n) is 3.70. The molecule has 0 unspecified atom stereocenters. The number of fused-ring (bicyclic) bond motifs is 1. The van der Waals surface area contributed by atoms with Crippen molar-refractivity contribution >= 4 is 16.8 Å². The first-order valence-corrected chi connectivity index (χ1v) is 10.5. The van der Waals surface area contributed by atoms with Gasteiger partial charge in [0.2, 0.25) is 5.91 Å². The van der Waals surface area contributed by atoms with Gasteiger partial charge in [-0.1, -0.05) is 19.9 Å². The highest BCUT2D eigenvalue weighted by atomic mass is 16.2. The average Bonchev–Trinajstić information content (AvgIpc) is 3.32. The smallest absolute Gasteiger partial charge is 0.241 e. The minimum absolute atomic E-state index is 0.0708. The van der Waals surface area contributed by atoms with Crippen LogP contribution in [0.25, 0.3) is 22.3 Å². The van der Waals surface area contributed by atoms with Crippen molar-refractivity contribution in [3.8, 4) is 11.4 Å². The summed E-state index contributed by atoms with van der Waals surface area (Å²) in [6.45, 7) is 7.22. The van der Waals surface area contributed by atoms with Gasteiger partial charge in [-0.3, -0.25) is 9.78 Å². The van der Waals surface area contributed by atoms with Gasteiger partial charge in [-0.05, 0) is 48.7 Å². The zero-order chi connectivity index (χ0) is 22.1. The molecule has 4 aromatic rings. The molecular weight excluding hydrogens is 388 g/mol. The van der Waals surface area contributed by atoms with Gasteiger partial charge in [0.05, 0.1) is 12.2 Å². The molecule has 7 heteroatoms. The second kappa shape index (κ2) is 8.34. The predicted octanol–water partition coefficient (Wildman–Crippen LogP) is 3.86. The van der Waals surface area contributed by atoms with Gasteiger partial charge in [-0.15, -0.1) is 0 Å². The molecule has 0 radical (unpaired) electrons. The van der Waals surface area contributed by atoms with E-state index in [1.165, 1.54) is 5.56 Å². The Morgan fingerprint density at radius 2 is 1.97 bits per heavy atom. The van der Waals surface area contributed by atoms with Gasteiger partial charge >= 0.3 is 0 Å². The van der Waals surface area contributed by atoms with E-state index in [9.17, 15) is 4.79 Å². The number of aryl methyl sites for hydroxylation is 1. The molecule has 1 aromatic carbocycles.